The van der Waals surface area contributed by atoms with Gasteiger partial charge in [0.15, 0.2) is 0 Å². The SMILES string of the molecule is CN(C)[C@]1(c2ccccc2)CC[C@](N)(CNC(C)(C)c2ccccc2)CC1. The molecule has 2 aromatic carbocycles. The Labute approximate surface area is 165 Å². The Hall–Kier alpha value is -1.68. The fourth-order valence-electron chi connectivity index (χ4n) is 4.43. The Morgan fingerprint density at radius 1 is 0.889 bits per heavy atom. The van der Waals surface area contributed by atoms with Gasteiger partial charge in [0.25, 0.3) is 0 Å². The summed E-state index contributed by atoms with van der Waals surface area (Å²) in [7, 11) is 4.40. The lowest BCUT2D eigenvalue weighted by Gasteiger charge is -2.49. The molecule has 3 N–H and O–H groups in total. The summed E-state index contributed by atoms with van der Waals surface area (Å²) in [5, 5.41) is 3.74. The lowest BCUT2D eigenvalue weighted by atomic mass is 9.68. The topological polar surface area (TPSA) is 41.3 Å². The molecule has 0 bridgehead atoms. The molecular weight excluding hydrogens is 330 g/mol. The van der Waals surface area contributed by atoms with Gasteiger partial charge in [-0.2, -0.15) is 0 Å². The molecule has 0 amide bonds. The first-order valence-electron chi connectivity index (χ1n) is 10.1. The highest BCUT2D eigenvalue weighted by atomic mass is 15.2. The molecule has 2 aromatic rings. The van der Waals surface area contributed by atoms with E-state index in [0.717, 1.165) is 32.2 Å². The van der Waals surface area contributed by atoms with E-state index in [2.05, 4.69) is 98.8 Å². The fourth-order valence-corrected chi connectivity index (χ4v) is 4.43. The molecule has 3 rings (SSSR count). The van der Waals surface area contributed by atoms with Crippen LogP contribution in [0.2, 0.25) is 0 Å². The van der Waals surface area contributed by atoms with Gasteiger partial charge in [-0.1, -0.05) is 60.7 Å². The van der Waals surface area contributed by atoms with E-state index in [-0.39, 0.29) is 16.6 Å². The van der Waals surface area contributed by atoms with Crippen molar-refractivity contribution in [3.63, 3.8) is 0 Å². The second-order valence-electron chi connectivity index (χ2n) is 9.00. The summed E-state index contributed by atoms with van der Waals surface area (Å²) in [6.45, 7) is 5.32. The molecular formula is C24H35N3. The third-order valence-corrected chi connectivity index (χ3v) is 6.62. The molecule has 3 heteroatoms. The van der Waals surface area contributed by atoms with Crippen molar-refractivity contribution in [3.05, 3.63) is 71.8 Å². The summed E-state index contributed by atoms with van der Waals surface area (Å²) in [4.78, 5) is 2.39. The number of benzene rings is 2. The molecule has 0 saturated heterocycles. The molecule has 0 unspecified atom stereocenters. The van der Waals surface area contributed by atoms with Crippen LogP contribution in [0.3, 0.4) is 0 Å². The van der Waals surface area contributed by atoms with Crippen LogP contribution in [-0.2, 0) is 11.1 Å². The average molecular weight is 366 g/mol. The zero-order valence-electron chi connectivity index (χ0n) is 17.3. The number of rotatable bonds is 6. The first kappa shape index (κ1) is 20.1. The molecule has 0 radical (unpaired) electrons. The van der Waals surface area contributed by atoms with Gasteiger partial charge in [0.1, 0.15) is 0 Å². The minimum absolute atomic E-state index is 0.0802. The van der Waals surface area contributed by atoms with Gasteiger partial charge in [0, 0.05) is 23.2 Å². The third kappa shape index (κ3) is 4.26. The maximum atomic E-state index is 6.86. The molecule has 0 heterocycles. The number of nitrogens with two attached hydrogens (primary N) is 1. The van der Waals surface area contributed by atoms with Crippen molar-refractivity contribution in [3.8, 4) is 0 Å². The quantitative estimate of drug-likeness (QED) is 0.804. The van der Waals surface area contributed by atoms with Gasteiger partial charge in [-0.15, -0.1) is 0 Å². The van der Waals surface area contributed by atoms with Gasteiger partial charge in [-0.3, -0.25) is 4.90 Å². The van der Waals surface area contributed by atoms with E-state index in [4.69, 9.17) is 5.73 Å². The maximum Gasteiger partial charge on any atom is 0.0456 e. The van der Waals surface area contributed by atoms with Crippen molar-refractivity contribution in [1.29, 1.82) is 0 Å². The van der Waals surface area contributed by atoms with E-state index in [1.54, 1.807) is 0 Å². The van der Waals surface area contributed by atoms with Crippen molar-refractivity contribution in [2.45, 2.75) is 56.1 Å². The van der Waals surface area contributed by atoms with Crippen LogP contribution >= 0.6 is 0 Å². The van der Waals surface area contributed by atoms with Crippen molar-refractivity contribution in [2.24, 2.45) is 5.73 Å². The minimum Gasteiger partial charge on any atom is -0.324 e. The fraction of sp³-hybridized carbons (Fsp3) is 0.500. The van der Waals surface area contributed by atoms with Gasteiger partial charge in [0.05, 0.1) is 0 Å². The Balaban J connectivity index is 1.68. The minimum atomic E-state index is -0.152. The Kier molecular flexibility index (Phi) is 5.76. The van der Waals surface area contributed by atoms with E-state index in [9.17, 15) is 0 Å². The smallest absolute Gasteiger partial charge is 0.0456 e. The van der Waals surface area contributed by atoms with E-state index in [0.29, 0.717) is 0 Å². The molecule has 3 nitrogen and oxygen atoms in total. The predicted molar refractivity (Wildman–Crippen MR) is 115 cm³/mol. The van der Waals surface area contributed by atoms with Gasteiger partial charge >= 0.3 is 0 Å². The molecule has 0 spiro atoms. The van der Waals surface area contributed by atoms with Crippen LogP contribution in [0.25, 0.3) is 0 Å². The number of hydrogen-bond acceptors (Lipinski definition) is 3. The van der Waals surface area contributed by atoms with Crippen LogP contribution in [0.5, 0.6) is 0 Å². The van der Waals surface area contributed by atoms with Crippen LogP contribution in [-0.4, -0.2) is 31.1 Å². The van der Waals surface area contributed by atoms with E-state index in [1.165, 1.54) is 11.1 Å². The molecule has 0 aromatic heterocycles. The average Bonchev–Trinajstić information content (AvgIpc) is 2.69. The third-order valence-electron chi connectivity index (χ3n) is 6.62. The van der Waals surface area contributed by atoms with Crippen molar-refractivity contribution < 1.29 is 0 Å². The normalized spacial score (nSPS) is 26.3. The molecule has 1 fully saturated rings. The lowest BCUT2D eigenvalue weighted by molar-refractivity contribution is 0.0644. The van der Waals surface area contributed by atoms with Gasteiger partial charge in [-0.25, -0.2) is 0 Å². The molecule has 0 aliphatic heterocycles. The van der Waals surface area contributed by atoms with Crippen LogP contribution in [0.15, 0.2) is 60.7 Å². The first-order chi connectivity index (χ1) is 12.8. The lowest BCUT2D eigenvalue weighted by Crippen LogP contribution is -2.58. The summed E-state index contributed by atoms with van der Waals surface area (Å²) >= 11 is 0. The van der Waals surface area contributed by atoms with Crippen molar-refractivity contribution in [2.75, 3.05) is 20.6 Å². The Morgan fingerprint density at radius 3 is 1.93 bits per heavy atom. The number of nitrogens with one attached hydrogen (secondary N) is 1. The van der Waals surface area contributed by atoms with Crippen LogP contribution in [0.1, 0.15) is 50.7 Å². The summed E-state index contributed by atoms with van der Waals surface area (Å²) in [6, 6.07) is 21.6. The number of hydrogen-bond donors (Lipinski definition) is 2. The molecule has 1 aliphatic carbocycles. The maximum absolute atomic E-state index is 6.86. The van der Waals surface area contributed by atoms with Gasteiger partial charge in [0.2, 0.25) is 0 Å². The Morgan fingerprint density at radius 2 is 1.41 bits per heavy atom. The van der Waals surface area contributed by atoms with Crippen LogP contribution in [0, 0.1) is 0 Å². The molecule has 1 saturated carbocycles. The zero-order chi connectivity index (χ0) is 19.5. The highest BCUT2D eigenvalue weighted by molar-refractivity contribution is 5.27. The predicted octanol–water partition coefficient (Wildman–Crippen LogP) is 4.24. The van der Waals surface area contributed by atoms with E-state index in [1.807, 2.05) is 0 Å². The van der Waals surface area contributed by atoms with Crippen LogP contribution in [0.4, 0.5) is 0 Å². The second-order valence-corrected chi connectivity index (χ2v) is 9.00. The first-order valence-corrected chi connectivity index (χ1v) is 10.1. The summed E-state index contributed by atoms with van der Waals surface area (Å²) in [6.07, 6.45) is 4.23. The molecule has 27 heavy (non-hydrogen) atoms. The molecule has 0 atom stereocenters. The molecule has 146 valence electrons. The monoisotopic (exact) mass is 365 g/mol. The summed E-state index contributed by atoms with van der Waals surface area (Å²) < 4.78 is 0. The van der Waals surface area contributed by atoms with Crippen LogP contribution < -0.4 is 11.1 Å². The van der Waals surface area contributed by atoms with Crippen molar-refractivity contribution in [1.82, 2.24) is 10.2 Å². The second kappa shape index (κ2) is 7.75. The van der Waals surface area contributed by atoms with Crippen molar-refractivity contribution >= 4 is 0 Å². The standard InChI is InChI=1S/C24H35N3/c1-22(2,20-11-7-5-8-12-20)26-19-23(25)15-17-24(18-16-23,27(3)4)21-13-9-6-10-14-21/h5-14,26H,15-19,25H2,1-4H3/t23-,24-. The largest absolute Gasteiger partial charge is 0.324 e. The Bertz CT molecular complexity index is 714. The highest BCUT2D eigenvalue weighted by Crippen LogP contribution is 2.43. The van der Waals surface area contributed by atoms with E-state index < -0.39 is 0 Å². The summed E-state index contributed by atoms with van der Waals surface area (Å²) in [5.41, 5.74) is 9.44. The zero-order valence-corrected chi connectivity index (χ0v) is 17.3. The van der Waals surface area contributed by atoms with Gasteiger partial charge in [-0.05, 0) is 64.8 Å². The molecule has 1 aliphatic rings. The van der Waals surface area contributed by atoms with Gasteiger partial charge < -0.3 is 11.1 Å². The number of nitrogens with zero attached hydrogens (tertiary/aromatic N) is 1. The highest BCUT2D eigenvalue weighted by Gasteiger charge is 2.43. The summed E-state index contributed by atoms with van der Waals surface area (Å²) in [5.74, 6) is 0. The van der Waals surface area contributed by atoms with E-state index >= 15 is 0 Å².